The number of fused-ring (bicyclic) bond motifs is 1. The number of rotatable bonds is 4. The zero-order chi connectivity index (χ0) is 17.9. The molecule has 1 fully saturated rings. The van der Waals surface area contributed by atoms with Crippen LogP contribution in [0.1, 0.15) is 19.3 Å². The molecule has 1 aliphatic rings. The predicted molar refractivity (Wildman–Crippen MR) is 102 cm³/mol. The molecule has 3 heterocycles. The van der Waals surface area contributed by atoms with Crippen molar-refractivity contribution in [2.24, 2.45) is 0 Å². The fourth-order valence-electron chi connectivity index (χ4n) is 2.99. The lowest BCUT2D eigenvalue weighted by atomic mass is 10.1. The maximum absolute atomic E-state index is 12.4. The summed E-state index contributed by atoms with van der Waals surface area (Å²) in [7, 11) is 0. The zero-order valence-electron chi connectivity index (χ0n) is 14.1. The second-order valence-corrected chi connectivity index (χ2v) is 7.59. The molecule has 0 spiro atoms. The molecule has 26 heavy (non-hydrogen) atoms. The average Bonchev–Trinajstić information content (AvgIpc) is 3.09. The number of hydrogen-bond donors (Lipinski definition) is 0. The molecule has 0 radical (unpaired) electrons. The maximum atomic E-state index is 12.4. The van der Waals surface area contributed by atoms with E-state index < -0.39 is 0 Å². The number of carbonyl (C=O) groups is 1. The van der Waals surface area contributed by atoms with Crippen LogP contribution in [-0.2, 0) is 4.79 Å². The Labute approximate surface area is 160 Å². The highest BCUT2D eigenvalue weighted by Gasteiger charge is 2.18. The van der Waals surface area contributed by atoms with Crippen molar-refractivity contribution in [1.82, 2.24) is 24.7 Å². The van der Waals surface area contributed by atoms with E-state index in [1.165, 1.54) is 18.2 Å². The van der Waals surface area contributed by atoms with Crippen LogP contribution in [0.15, 0.2) is 41.6 Å². The SMILES string of the molecule is O=C(CSc1nnc2ccc(-c3ccc(Cl)cc3)nn12)N1CCCCC1. The van der Waals surface area contributed by atoms with Gasteiger partial charge in [0.1, 0.15) is 0 Å². The summed E-state index contributed by atoms with van der Waals surface area (Å²) in [6.45, 7) is 1.72. The van der Waals surface area contributed by atoms with Gasteiger partial charge in [-0.1, -0.05) is 35.5 Å². The van der Waals surface area contributed by atoms with E-state index in [4.69, 9.17) is 11.6 Å². The van der Waals surface area contributed by atoms with Crippen molar-refractivity contribution in [3.05, 3.63) is 41.4 Å². The van der Waals surface area contributed by atoms with Gasteiger partial charge in [-0.2, -0.15) is 9.61 Å². The number of benzene rings is 1. The van der Waals surface area contributed by atoms with Crippen LogP contribution in [0.4, 0.5) is 0 Å². The molecule has 0 aliphatic carbocycles. The lowest BCUT2D eigenvalue weighted by Gasteiger charge is -2.26. The van der Waals surface area contributed by atoms with Gasteiger partial charge in [0, 0.05) is 23.7 Å². The third-order valence-corrected chi connectivity index (χ3v) is 5.56. The Morgan fingerprint density at radius 3 is 2.58 bits per heavy atom. The van der Waals surface area contributed by atoms with Gasteiger partial charge >= 0.3 is 0 Å². The maximum Gasteiger partial charge on any atom is 0.233 e. The van der Waals surface area contributed by atoms with E-state index in [0.717, 1.165) is 37.2 Å². The number of thioether (sulfide) groups is 1. The Balaban J connectivity index is 1.53. The lowest BCUT2D eigenvalue weighted by Crippen LogP contribution is -2.36. The first-order valence-corrected chi connectivity index (χ1v) is 9.96. The molecule has 134 valence electrons. The minimum Gasteiger partial charge on any atom is -0.342 e. The molecule has 1 aromatic carbocycles. The first-order chi connectivity index (χ1) is 12.7. The third-order valence-electron chi connectivity index (χ3n) is 4.41. The summed E-state index contributed by atoms with van der Waals surface area (Å²) in [6, 6.07) is 11.3. The molecule has 0 unspecified atom stereocenters. The highest BCUT2D eigenvalue weighted by molar-refractivity contribution is 7.99. The van der Waals surface area contributed by atoms with E-state index in [9.17, 15) is 4.79 Å². The largest absolute Gasteiger partial charge is 0.342 e. The summed E-state index contributed by atoms with van der Waals surface area (Å²) < 4.78 is 1.69. The Bertz CT molecular complexity index is 921. The molecule has 1 aliphatic heterocycles. The molecule has 4 rings (SSSR count). The molecular weight excluding hydrogens is 370 g/mol. The molecule has 2 aromatic heterocycles. The van der Waals surface area contributed by atoms with Gasteiger partial charge in [-0.3, -0.25) is 4.79 Å². The first-order valence-electron chi connectivity index (χ1n) is 8.60. The van der Waals surface area contributed by atoms with E-state index >= 15 is 0 Å². The highest BCUT2D eigenvalue weighted by Crippen LogP contribution is 2.22. The highest BCUT2D eigenvalue weighted by atomic mass is 35.5. The molecule has 0 N–H and O–H groups in total. The van der Waals surface area contributed by atoms with Gasteiger partial charge in [0.25, 0.3) is 0 Å². The van der Waals surface area contributed by atoms with Gasteiger partial charge < -0.3 is 4.90 Å². The van der Waals surface area contributed by atoms with Crippen LogP contribution in [-0.4, -0.2) is 49.5 Å². The fourth-order valence-corrected chi connectivity index (χ4v) is 3.91. The molecule has 1 amide bonds. The van der Waals surface area contributed by atoms with Gasteiger partial charge in [-0.25, -0.2) is 0 Å². The second kappa shape index (κ2) is 7.63. The molecule has 0 bridgehead atoms. The minimum absolute atomic E-state index is 0.153. The van der Waals surface area contributed by atoms with Gasteiger partial charge in [-0.15, -0.1) is 10.2 Å². The normalized spacial score (nSPS) is 14.7. The quantitative estimate of drug-likeness (QED) is 0.640. The number of piperidine rings is 1. The zero-order valence-corrected chi connectivity index (χ0v) is 15.7. The van der Waals surface area contributed by atoms with E-state index in [0.29, 0.717) is 21.6 Å². The van der Waals surface area contributed by atoms with Crippen molar-refractivity contribution in [3.8, 4) is 11.3 Å². The molecule has 6 nitrogen and oxygen atoms in total. The van der Waals surface area contributed by atoms with Crippen LogP contribution in [0.3, 0.4) is 0 Å². The number of aromatic nitrogens is 4. The van der Waals surface area contributed by atoms with Crippen LogP contribution in [0.25, 0.3) is 16.9 Å². The summed E-state index contributed by atoms with van der Waals surface area (Å²) in [4.78, 5) is 14.3. The fraction of sp³-hybridized carbons (Fsp3) is 0.333. The number of likely N-dealkylation sites (tertiary alicyclic amines) is 1. The third kappa shape index (κ3) is 3.68. The van der Waals surface area contributed by atoms with Crippen LogP contribution in [0.2, 0.25) is 5.02 Å². The number of halogens is 1. The van der Waals surface area contributed by atoms with Gasteiger partial charge in [0.15, 0.2) is 5.65 Å². The number of carbonyl (C=O) groups excluding carboxylic acids is 1. The van der Waals surface area contributed by atoms with Crippen molar-refractivity contribution in [2.45, 2.75) is 24.4 Å². The molecule has 0 saturated carbocycles. The molecule has 0 atom stereocenters. The molecular formula is C18H18ClN5OS. The summed E-state index contributed by atoms with van der Waals surface area (Å²) in [5, 5.41) is 14.3. The first kappa shape index (κ1) is 17.3. The number of amides is 1. The van der Waals surface area contributed by atoms with E-state index in [-0.39, 0.29) is 5.91 Å². The predicted octanol–water partition coefficient (Wildman–Crippen LogP) is 3.55. The van der Waals surface area contributed by atoms with E-state index in [2.05, 4.69) is 15.3 Å². The topological polar surface area (TPSA) is 63.4 Å². The van der Waals surface area contributed by atoms with Crippen molar-refractivity contribution in [2.75, 3.05) is 18.8 Å². The average molecular weight is 388 g/mol. The van der Waals surface area contributed by atoms with E-state index in [1.807, 2.05) is 41.3 Å². The Morgan fingerprint density at radius 2 is 1.81 bits per heavy atom. The van der Waals surface area contributed by atoms with Crippen molar-refractivity contribution < 1.29 is 4.79 Å². The van der Waals surface area contributed by atoms with Crippen molar-refractivity contribution in [1.29, 1.82) is 0 Å². The Hall–Kier alpha value is -2.12. The number of hydrogen-bond acceptors (Lipinski definition) is 5. The lowest BCUT2D eigenvalue weighted by molar-refractivity contribution is -0.129. The summed E-state index contributed by atoms with van der Waals surface area (Å²) in [5.41, 5.74) is 2.43. The molecule has 1 saturated heterocycles. The molecule has 8 heteroatoms. The van der Waals surface area contributed by atoms with Crippen LogP contribution >= 0.6 is 23.4 Å². The second-order valence-electron chi connectivity index (χ2n) is 6.21. The smallest absolute Gasteiger partial charge is 0.233 e. The Kier molecular flexibility index (Phi) is 5.08. The van der Waals surface area contributed by atoms with Gasteiger partial charge in [0.05, 0.1) is 11.4 Å². The van der Waals surface area contributed by atoms with Gasteiger partial charge in [-0.05, 0) is 43.5 Å². The monoisotopic (exact) mass is 387 g/mol. The van der Waals surface area contributed by atoms with E-state index in [1.54, 1.807) is 4.52 Å². The standard InChI is InChI=1S/C18H18ClN5OS/c19-14-6-4-13(5-7-14)15-8-9-16-20-21-18(24(16)22-15)26-12-17(25)23-10-2-1-3-11-23/h4-9H,1-3,10-12H2. The molecule has 3 aromatic rings. The van der Waals surface area contributed by atoms with Crippen molar-refractivity contribution >= 4 is 34.9 Å². The summed E-state index contributed by atoms with van der Waals surface area (Å²) >= 11 is 7.33. The summed E-state index contributed by atoms with van der Waals surface area (Å²) in [6.07, 6.45) is 3.40. The van der Waals surface area contributed by atoms with Crippen LogP contribution in [0.5, 0.6) is 0 Å². The van der Waals surface area contributed by atoms with Gasteiger partial charge in [0.2, 0.25) is 11.1 Å². The summed E-state index contributed by atoms with van der Waals surface area (Å²) in [5.74, 6) is 0.508. The van der Waals surface area contributed by atoms with Crippen molar-refractivity contribution in [3.63, 3.8) is 0 Å². The Morgan fingerprint density at radius 1 is 1.04 bits per heavy atom. The minimum atomic E-state index is 0.153. The number of nitrogens with zero attached hydrogens (tertiary/aromatic N) is 5. The van der Waals surface area contributed by atoms with Crippen LogP contribution < -0.4 is 0 Å². The van der Waals surface area contributed by atoms with Crippen LogP contribution in [0, 0.1) is 0 Å².